The maximum atomic E-state index is 9.95. The lowest BCUT2D eigenvalue weighted by atomic mass is 10.00. The van der Waals surface area contributed by atoms with Crippen LogP contribution >= 0.6 is 0 Å². The molecule has 1 aromatic carbocycles. The fourth-order valence-electron chi connectivity index (χ4n) is 2.00. The van der Waals surface area contributed by atoms with E-state index in [0.29, 0.717) is 6.41 Å². The van der Waals surface area contributed by atoms with Gasteiger partial charge in [-0.25, -0.2) is 0 Å². The third kappa shape index (κ3) is 6.94. The zero-order valence-corrected chi connectivity index (χ0v) is 11.8. The van der Waals surface area contributed by atoms with Crippen LogP contribution in [0.4, 0.5) is 5.69 Å². The molecule has 1 amide bonds. The molecule has 0 aliphatic carbocycles. The number of methoxy groups -OCH3 is 1. The number of carbonyl (C=O) groups excluding carboxylic acids is 1. The normalized spacial score (nSPS) is 15.3. The molecule has 1 fully saturated rings. The van der Waals surface area contributed by atoms with E-state index in [1.807, 2.05) is 31.2 Å². The maximum Gasteiger partial charge on any atom is 0.211 e. The van der Waals surface area contributed by atoms with Crippen LogP contribution in [0.1, 0.15) is 18.4 Å². The van der Waals surface area contributed by atoms with Gasteiger partial charge in [-0.1, -0.05) is 17.7 Å². The molecule has 0 saturated carbocycles. The average Bonchev–Trinajstić information content (AvgIpc) is 2.44. The summed E-state index contributed by atoms with van der Waals surface area (Å²) in [5, 5.41) is 5.87. The summed E-state index contributed by atoms with van der Waals surface area (Å²) >= 11 is 0. The van der Waals surface area contributed by atoms with Gasteiger partial charge in [0.2, 0.25) is 6.41 Å². The number of hydrogen-bond donors (Lipinski definition) is 2. The van der Waals surface area contributed by atoms with Gasteiger partial charge in [-0.05, 0) is 50.9 Å². The highest BCUT2D eigenvalue weighted by Crippen LogP contribution is 2.10. The molecule has 2 rings (SSSR count). The molecule has 0 unspecified atom stereocenters. The molecule has 106 valence electrons. The van der Waals surface area contributed by atoms with E-state index in [9.17, 15) is 4.79 Å². The number of piperidine rings is 1. The number of rotatable bonds is 4. The second-order valence-corrected chi connectivity index (χ2v) is 4.78. The molecule has 2 N–H and O–H groups in total. The second kappa shape index (κ2) is 9.53. The first-order chi connectivity index (χ1) is 9.26. The van der Waals surface area contributed by atoms with Crippen molar-refractivity contribution < 1.29 is 9.53 Å². The van der Waals surface area contributed by atoms with Gasteiger partial charge in [-0.15, -0.1) is 0 Å². The van der Waals surface area contributed by atoms with E-state index in [1.54, 1.807) is 7.11 Å². The smallest absolute Gasteiger partial charge is 0.211 e. The van der Waals surface area contributed by atoms with Gasteiger partial charge in [-0.3, -0.25) is 4.79 Å². The van der Waals surface area contributed by atoms with Gasteiger partial charge in [0, 0.05) is 19.4 Å². The number of aryl methyl sites for hydroxylation is 1. The van der Waals surface area contributed by atoms with Crippen LogP contribution in [0.5, 0.6) is 0 Å². The van der Waals surface area contributed by atoms with Crippen molar-refractivity contribution in [2.75, 3.05) is 32.1 Å². The van der Waals surface area contributed by atoms with Crippen molar-refractivity contribution in [1.82, 2.24) is 5.32 Å². The Hall–Kier alpha value is -1.39. The maximum absolute atomic E-state index is 9.95. The summed E-state index contributed by atoms with van der Waals surface area (Å²) in [6.45, 7) is 5.30. The quantitative estimate of drug-likeness (QED) is 0.820. The van der Waals surface area contributed by atoms with Gasteiger partial charge in [0.25, 0.3) is 0 Å². The summed E-state index contributed by atoms with van der Waals surface area (Å²) in [6.07, 6.45) is 3.24. The Morgan fingerprint density at radius 2 is 1.95 bits per heavy atom. The average molecular weight is 264 g/mol. The molecule has 0 radical (unpaired) electrons. The number of amides is 1. The van der Waals surface area contributed by atoms with Crippen LogP contribution in [0.25, 0.3) is 0 Å². The van der Waals surface area contributed by atoms with E-state index in [2.05, 4.69) is 10.6 Å². The first-order valence-corrected chi connectivity index (χ1v) is 6.72. The number of nitrogens with one attached hydrogen (secondary N) is 2. The van der Waals surface area contributed by atoms with E-state index in [0.717, 1.165) is 18.2 Å². The van der Waals surface area contributed by atoms with E-state index in [-0.39, 0.29) is 0 Å². The lowest BCUT2D eigenvalue weighted by molar-refractivity contribution is -0.105. The number of anilines is 1. The molecule has 1 heterocycles. The third-order valence-electron chi connectivity index (χ3n) is 3.14. The zero-order valence-electron chi connectivity index (χ0n) is 11.8. The molecule has 4 nitrogen and oxygen atoms in total. The second-order valence-electron chi connectivity index (χ2n) is 4.78. The molecular weight excluding hydrogens is 240 g/mol. The van der Waals surface area contributed by atoms with Gasteiger partial charge in [0.05, 0.1) is 0 Å². The van der Waals surface area contributed by atoms with E-state index < -0.39 is 0 Å². The summed E-state index contributed by atoms with van der Waals surface area (Å²) < 4.78 is 5.05. The number of hydrogen-bond acceptors (Lipinski definition) is 3. The summed E-state index contributed by atoms with van der Waals surface area (Å²) in [5.41, 5.74) is 2.03. The molecular formula is C15H24N2O2. The Kier molecular flexibility index (Phi) is 7.86. The van der Waals surface area contributed by atoms with Gasteiger partial charge < -0.3 is 15.4 Å². The number of carbonyl (C=O) groups is 1. The van der Waals surface area contributed by atoms with Crippen LogP contribution in [-0.4, -0.2) is 33.2 Å². The molecule has 1 aliphatic heterocycles. The standard InChI is InChI=1S/C8H9NO.C7H15NO/c1-7-2-4-8(5-3-7)9-6-10;1-9-6-7-2-4-8-5-3-7/h2-6H,1H3,(H,9,10);7-8H,2-6H2,1H3. The SMILES string of the molecule is COCC1CCNCC1.Cc1ccc(NC=O)cc1. The first kappa shape index (κ1) is 15.7. The summed E-state index contributed by atoms with van der Waals surface area (Å²) in [5.74, 6) is 0.816. The van der Waals surface area contributed by atoms with Crippen molar-refractivity contribution in [1.29, 1.82) is 0 Å². The predicted octanol–water partition coefficient (Wildman–Crippen LogP) is 2.20. The van der Waals surface area contributed by atoms with Crippen molar-refractivity contribution in [2.24, 2.45) is 5.92 Å². The summed E-state index contributed by atoms with van der Waals surface area (Å²) in [6, 6.07) is 7.63. The summed E-state index contributed by atoms with van der Waals surface area (Å²) in [7, 11) is 1.78. The molecule has 4 heteroatoms. The molecule has 19 heavy (non-hydrogen) atoms. The summed E-state index contributed by atoms with van der Waals surface area (Å²) in [4.78, 5) is 9.95. The van der Waals surface area contributed by atoms with Crippen molar-refractivity contribution in [2.45, 2.75) is 19.8 Å². The molecule has 0 spiro atoms. The van der Waals surface area contributed by atoms with Crippen LogP contribution in [0.2, 0.25) is 0 Å². The largest absolute Gasteiger partial charge is 0.384 e. The molecule has 0 atom stereocenters. The van der Waals surface area contributed by atoms with Gasteiger partial charge in [0.1, 0.15) is 0 Å². The lowest BCUT2D eigenvalue weighted by Gasteiger charge is -2.21. The van der Waals surface area contributed by atoms with Crippen LogP contribution in [-0.2, 0) is 9.53 Å². The minimum Gasteiger partial charge on any atom is -0.384 e. The Morgan fingerprint density at radius 3 is 2.47 bits per heavy atom. The fourth-order valence-corrected chi connectivity index (χ4v) is 2.00. The van der Waals surface area contributed by atoms with Gasteiger partial charge >= 0.3 is 0 Å². The molecule has 0 aromatic heterocycles. The highest BCUT2D eigenvalue weighted by Gasteiger charge is 2.11. The Morgan fingerprint density at radius 1 is 1.32 bits per heavy atom. The van der Waals surface area contributed by atoms with E-state index >= 15 is 0 Å². The van der Waals surface area contributed by atoms with Crippen LogP contribution in [0, 0.1) is 12.8 Å². The van der Waals surface area contributed by atoms with Gasteiger partial charge in [0.15, 0.2) is 0 Å². The first-order valence-electron chi connectivity index (χ1n) is 6.72. The molecule has 1 aliphatic rings. The molecule has 1 aromatic rings. The Labute approximate surface area is 115 Å². The lowest BCUT2D eigenvalue weighted by Crippen LogP contribution is -2.29. The van der Waals surface area contributed by atoms with Crippen molar-refractivity contribution >= 4 is 12.1 Å². The monoisotopic (exact) mass is 264 g/mol. The highest BCUT2D eigenvalue weighted by molar-refractivity contribution is 5.70. The van der Waals surface area contributed by atoms with E-state index in [4.69, 9.17) is 4.74 Å². The predicted molar refractivity (Wildman–Crippen MR) is 78.3 cm³/mol. The molecule has 1 saturated heterocycles. The van der Waals surface area contributed by atoms with Crippen LogP contribution in [0.3, 0.4) is 0 Å². The van der Waals surface area contributed by atoms with Crippen LogP contribution in [0.15, 0.2) is 24.3 Å². The topological polar surface area (TPSA) is 50.4 Å². The number of benzene rings is 1. The van der Waals surface area contributed by atoms with Gasteiger partial charge in [-0.2, -0.15) is 0 Å². The molecule has 0 bridgehead atoms. The Balaban J connectivity index is 0.000000191. The van der Waals surface area contributed by atoms with Crippen molar-refractivity contribution in [3.8, 4) is 0 Å². The highest BCUT2D eigenvalue weighted by atomic mass is 16.5. The third-order valence-corrected chi connectivity index (χ3v) is 3.14. The van der Waals surface area contributed by atoms with Crippen LogP contribution < -0.4 is 10.6 Å². The fraction of sp³-hybridized carbons (Fsp3) is 0.533. The minimum atomic E-state index is 0.671. The minimum absolute atomic E-state index is 0.671. The zero-order chi connectivity index (χ0) is 13.9. The number of ether oxygens (including phenoxy) is 1. The van der Waals surface area contributed by atoms with Crippen molar-refractivity contribution in [3.05, 3.63) is 29.8 Å². The van der Waals surface area contributed by atoms with Crippen molar-refractivity contribution in [3.63, 3.8) is 0 Å². The van der Waals surface area contributed by atoms with E-state index in [1.165, 1.54) is 31.5 Å². The Bertz CT molecular complexity index is 343.